The van der Waals surface area contributed by atoms with Crippen molar-refractivity contribution in [3.8, 4) is 0 Å². The van der Waals surface area contributed by atoms with E-state index in [2.05, 4.69) is 0 Å². The molecule has 0 fully saturated rings. The van der Waals surface area contributed by atoms with Crippen LogP contribution < -0.4 is 0 Å². The van der Waals surface area contributed by atoms with Gasteiger partial charge in [0.2, 0.25) is 0 Å². The monoisotopic (exact) mass is 424 g/mol. The van der Waals surface area contributed by atoms with E-state index in [-0.39, 0.29) is 89.4 Å². The van der Waals surface area contributed by atoms with E-state index in [1.165, 1.54) is 0 Å². The topological polar surface area (TPSA) is 77.5 Å². The van der Waals surface area contributed by atoms with Crippen LogP contribution in [0.2, 0.25) is 0 Å². The molecule has 5 nitrogen and oxygen atoms in total. The minimum absolute atomic E-state index is 0. The third kappa shape index (κ3) is 12.5. The third-order valence-corrected chi connectivity index (χ3v) is 4.55. The Bertz CT molecular complexity index is 404. The Morgan fingerprint density at radius 2 is 0.786 bits per heavy atom. The summed E-state index contributed by atoms with van der Waals surface area (Å²) in [6, 6.07) is 0. The van der Waals surface area contributed by atoms with Crippen LogP contribution in [0.25, 0.3) is 0 Å². The molecule has 28 heavy (non-hydrogen) atoms. The standard InChI is InChI=1S/C22H38O5.Ca.2H/c1-5-9-13-17(23)21(18(24)14-10-6-2)27-22(19(25)15-11-7-3)20(26)16-12-8-4;;;/h21-22H,5-16H2,1-4H3;;;/q;+2;2*-1. The zero-order valence-electron chi connectivity index (χ0n) is 20.4. The first-order chi connectivity index (χ1) is 12.9. The van der Waals surface area contributed by atoms with Crippen LogP contribution in [0.4, 0.5) is 0 Å². The van der Waals surface area contributed by atoms with Crippen molar-refractivity contribution in [2.45, 2.75) is 117 Å². The van der Waals surface area contributed by atoms with Crippen LogP contribution in [0.1, 0.15) is 108 Å². The molecule has 0 heterocycles. The van der Waals surface area contributed by atoms with Crippen molar-refractivity contribution in [1.29, 1.82) is 0 Å². The minimum Gasteiger partial charge on any atom is -1.00 e. The van der Waals surface area contributed by atoms with Crippen LogP contribution in [0.5, 0.6) is 0 Å². The summed E-state index contributed by atoms with van der Waals surface area (Å²) < 4.78 is 5.69. The average molecular weight is 425 g/mol. The molecule has 0 unspecified atom stereocenters. The van der Waals surface area contributed by atoms with E-state index in [4.69, 9.17) is 4.74 Å². The number of rotatable bonds is 18. The normalized spacial score (nSPS) is 10.8. The summed E-state index contributed by atoms with van der Waals surface area (Å²) in [5, 5.41) is 0. The van der Waals surface area contributed by atoms with Gasteiger partial charge in [-0.2, -0.15) is 0 Å². The fourth-order valence-electron chi connectivity index (χ4n) is 2.73. The molecule has 0 aromatic rings. The zero-order valence-corrected chi connectivity index (χ0v) is 20.6. The van der Waals surface area contributed by atoms with Crippen LogP contribution in [-0.4, -0.2) is 73.1 Å². The van der Waals surface area contributed by atoms with E-state index in [0.717, 1.165) is 25.7 Å². The summed E-state index contributed by atoms with van der Waals surface area (Å²) in [7, 11) is 0. The Morgan fingerprint density at radius 1 is 0.571 bits per heavy atom. The molecule has 0 amide bonds. The Hall–Kier alpha value is -0.100. The van der Waals surface area contributed by atoms with Crippen LogP contribution in [0, 0.1) is 0 Å². The second kappa shape index (κ2) is 18.9. The number of carbonyl (C=O) groups excluding carboxylic acids is 4. The first-order valence-corrected chi connectivity index (χ1v) is 10.7. The predicted molar refractivity (Wildman–Crippen MR) is 115 cm³/mol. The summed E-state index contributed by atoms with van der Waals surface area (Å²) in [6.45, 7) is 7.86. The van der Waals surface area contributed by atoms with Crippen molar-refractivity contribution in [1.82, 2.24) is 0 Å². The second-order valence-corrected chi connectivity index (χ2v) is 7.18. The maximum absolute atomic E-state index is 12.5. The summed E-state index contributed by atoms with van der Waals surface area (Å²) in [5.74, 6) is -1.24. The van der Waals surface area contributed by atoms with Crippen LogP contribution >= 0.6 is 0 Å². The van der Waals surface area contributed by atoms with E-state index in [1.54, 1.807) is 0 Å². The predicted octanol–water partition coefficient (Wildman–Crippen LogP) is 4.62. The van der Waals surface area contributed by atoms with Gasteiger partial charge in [0.05, 0.1) is 0 Å². The molecule has 0 saturated carbocycles. The van der Waals surface area contributed by atoms with E-state index in [0.29, 0.717) is 25.7 Å². The number of hydrogen-bond acceptors (Lipinski definition) is 5. The van der Waals surface area contributed by atoms with Gasteiger partial charge in [-0.05, 0) is 25.7 Å². The maximum Gasteiger partial charge on any atom is 2.00 e. The summed E-state index contributed by atoms with van der Waals surface area (Å²) in [6.07, 6.45) is 4.34. The van der Waals surface area contributed by atoms with E-state index >= 15 is 0 Å². The van der Waals surface area contributed by atoms with Gasteiger partial charge in [-0.25, -0.2) is 0 Å². The largest absolute Gasteiger partial charge is 2.00 e. The Morgan fingerprint density at radius 3 is 0.964 bits per heavy atom. The number of carbonyl (C=O) groups is 4. The Kier molecular flexibility index (Phi) is 20.3. The molecular weight excluding hydrogens is 384 g/mol. The number of Topliss-reactive ketones (excluding diaryl/α,β-unsaturated/α-hetero) is 4. The van der Waals surface area contributed by atoms with Crippen molar-refractivity contribution >= 4 is 60.9 Å². The van der Waals surface area contributed by atoms with Crippen LogP contribution in [0.15, 0.2) is 0 Å². The van der Waals surface area contributed by atoms with Gasteiger partial charge in [-0.1, -0.05) is 53.4 Å². The number of hydrogen-bond donors (Lipinski definition) is 0. The molecule has 0 aliphatic rings. The first-order valence-electron chi connectivity index (χ1n) is 10.7. The van der Waals surface area contributed by atoms with Gasteiger partial charge >= 0.3 is 37.7 Å². The molecule has 0 saturated heterocycles. The molecule has 6 heteroatoms. The van der Waals surface area contributed by atoms with Gasteiger partial charge < -0.3 is 7.59 Å². The average Bonchev–Trinajstić information content (AvgIpc) is 2.67. The molecule has 0 atom stereocenters. The minimum atomic E-state index is -1.29. The number of ether oxygens (including phenoxy) is 1. The van der Waals surface area contributed by atoms with Crippen molar-refractivity contribution < 1.29 is 26.8 Å². The van der Waals surface area contributed by atoms with Gasteiger partial charge in [0, 0.05) is 25.7 Å². The van der Waals surface area contributed by atoms with E-state index < -0.39 is 12.2 Å². The van der Waals surface area contributed by atoms with Gasteiger partial charge in [-0.3, -0.25) is 19.2 Å². The Labute approximate surface area is 203 Å². The molecule has 0 radical (unpaired) electrons. The summed E-state index contributed by atoms with van der Waals surface area (Å²) >= 11 is 0. The number of ketones is 4. The molecular formula is C22H40CaO5. The molecule has 0 rings (SSSR count). The van der Waals surface area contributed by atoms with Gasteiger partial charge in [0.1, 0.15) is 0 Å². The maximum atomic E-state index is 12.5. The summed E-state index contributed by atoms with van der Waals surface area (Å²) in [4.78, 5) is 50.2. The molecule has 0 aliphatic carbocycles. The molecule has 0 bridgehead atoms. The van der Waals surface area contributed by atoms with Crippen molar-refractivity contribution in [3.05, 3.63) is 0 Å². The van der Waals surface area contributed by atoms with Crippen molar-refractivity contribution in [3.63, 3.8) is 0 Å². The number of unbranched alkanes of at least 4 members (excludes halogenated alkanes) is 4. The van der Waals surface area contributed by atoms with Gasteiger partial charge in [0.15, 0.2) is 35.3 Å². The van der Waals surface area contributed by atoms with E-state index in [9.17, 15) is 19.2 Å². The van der Waals surface area contributed by atoms with Crippen molar-refractivity contribution in [2.24, 2.45) is 0 Å². The molecule has 0 aliphatic heterocycles. The quantitative estimate of drug-likeness (QED) is 0.237. The fraction of sp³-hybridized carbons (Fsp3) is 0.818. The molecule has 160 valence electrons. The van der Waals surface area contributed by atoms with Crippen LogP contribution in [-0.2, 0) is 23.9 Å². The molecule has 0 aromatic heterocycles. The van der Waals surface area contributed by atoms with Crippen LogP contribution in [0.3, 0.4) is 0 Å². The fourth-order valence-corrected chi connectivity index (χ4v) is 2.73. The smallest absolute Gasteiger partial charge is 1.00 e. The third-order valence-electron chi connectivity index (χ3n) is 4.55. The van der Waals surface area contributed by atoms with E-state index in [1.807, 2.05) is 27.7 Å². The SMILES string of the molecule is CCCCC(=O)C(OC(C(=O)CCCC)C(=O)CCCC)C(=O)CCCC.[Ca+2].[H-].[H-]. The zero-order chi connectivity index (χ0) is 20.7. The summed E-state index contributed by atoms with van der Waals surface area (Å²) in [5.41, 5.74) is 0. The van der Waals surface area contributed by atoms with Crippen molar-refractivity contribution in [2.75, 3.05) is 0 Å². The molecule has 0 spiro atoms. The second-order valence-electron chi connectivity index (χ2n) is 7.18. The van der Waals surface area contributed by atoms with Gasteiger partial charge in [-0.15, -0.1) is 0 Å². The molecule has 0 N–H and O–H groups in total. The van der Waals surface area contributed by atoms with Gasteiger partial charge in [0.25, 0.3) is 0 Å². The first kappa shape index (κ1) is 30.1. The molecule has 0 aromatic carbocycles. The Balaban J connectivity index is -0.00000113.